The van der Waals surface area contributed by atoms with Crippen molar-refractivity contribution < 1.29 is 9.13 Å². The summed E-state index contributed by atoms with van der Waals surface area (Å²) in [5.74, 6) is 0.526. The van der Waals surface area contributed by atoms with Gasteiger partial charge in [0.1, 0.15) is 18.2 Å². The Hall–Kier alpha value is -1.39. The van der Waals surface area contributed by atoms with Gasteiger partial charge in [0.2, 0.25) is 0 Å². The van der Waals surface area contributed by atoms with E-state index in [1.807, 2.05) is 25.1 Å². The highest BCUT2D eigenvalue weighted by Gasteiger charge is 2.05. The molecule has 2 rings (SSSR count). The number of rotatable bonds is 6. The van der Waals surface area contributed by atoms with E-state index in [0.29, 0.717) is 6.61 Å². The Morgan fingerprint density at radius 2 is 2.00 bits per heavy atom. The fraction of sp³-hybridized carbons (Fsp3) is 0.294. The lowest BCUT2D eigenvalue weighted by Gasteiger charge is -2.11. The summed E-state index contributed by atoms with van der Waals surface area (Å²) in [5, 5.41) is 3.28. The first-order chi connectivity index (χ1) is 10.1. The van der Waals surface area contributed by atoms with Crippen LogP contribution in [0.15, 0.2) is 40.9 Å². The van der Waals surface area contributed by atoms with Crippen molar-refractivity contribution >= 4 is 15.9 Å². The monoisotopic (exact) mass is 351 g/mol. The molecular formula is C17H19BrFNO. The highest BCUT2D eigenvalue weighted by atomic mass is 79.9. The molecule has 0 heterocycles. The Kier molecular flexibility index (Phi) is 5.76. The fourth-order valence-electron chi connectivity index (χ4n) is 1.99. The molecule has 0 radical (unpaired) electrons. The number of aryl methyl sites for hydroxylation is 1. The van der Waals surface area contributed by atoms with Crippen LogP contribution < -0.4 is 10.1 Å². The predicted octanol–water partition coefficient (Wildman–Crippen LogP) is 4.59. The summed E-state index contributed by atoms with van der Waals surface area (Å²) in [6, 6.07) is 10.7. The highest BCUT2D eigenvalue weighted by Crippen LogP contribution is 2.27. The molecule has 2 aromatic carbocycles. The summed E-state index contributed by atoms with van der Waals surface area (Å²) >= 11 is 3.52. The van der Waals surface area contributed by atoms with Gasteiger partial charge < -0.3 is 10.1 Å². The van der Waals surface area contributed by atoms with E-state index in [9.17, 15) is 4.39 Å². The molecule has 0 fully saturated rings. The average molecular weight is 352 g/mol. The Morgan fingerprint density at radius 1 is 1.19 bits per heavy atom. The molecule has 2 nitrogen and oxygen atoms in total. The maximum Gasteiger partial charge on any atom is 0.134 e. The third-order valence-electron chi connectivity index (χ3n) is 3.27. The molecule has 21 heavy (non-hydrogen) atoms. The number of halogens is 2. The minimum absolute atomic E-state index is 0.237. The van der Waals surface area contributed by atoms with Crippen LogP contribution in [0.3, 0.4) is 0 Å². The molecule has 1 N–H and O–H groups in total. The van der Waals surface area contributed by atoms with Crippen molar-refractivity contribution in [1.82, 2.24) is 5.32 Å². The van der Waals surface area contributed by atoms with Gasteiger partial charge in [0.15, 0.2) is 0 Å². The van der Waals surface area contributed by atoms with Crippen LogP contribution in [0.5, 0.6) is 5.75 Å². The van der Waals surface area contributed by atoms with E-state index in [1.54, 1.807) is 6.07 Å². The first-order valence-corrected chi connectivity index (χ1v) is 7.76. The standard InChI is InChI=1S/C17H19BrFNO/c1-3-20-10-13-5-7-17(16(18)8-13)21-11-14-9-15(19)6-4-12(14)2/h4-9,20H,3,10-11H2,1-2H3. The molecule has 0 saturated heterocycles. The van der Waals surface area contributed by atoms with E-state index >= 15 is 0 Å². The van der Waals surface area contributed by atoms with E-state index in [0.717, 1.165) is 34.4 Å². The normalized spacial score (nSPS) is 10.7. The minimum Gasteiger partial charge on any atom is -0.488 e. The molecule has 0 atom stereocenters. The van der Waals surface area contributed by atoms with E-state index in [1.165, 1.54) is 17.7 Å². The summed E-state index contributed by atoms with van der Waals surface area (Å²) < 4.78 is 19.9. The molecule has 0 aliphatic carbocycles. The first kappa shape index (κ1) is 16.0. The quantitative estimate of drug-likeness (QED) is 0.821. The Bertz CT molecular complexity index is 616. The van der Waals surface area contributed by atoms with Crippen LogP contribution >= 0.6 is 15.9 Å². The molecule has 0 spiro atoms. The Balaban J connectivity index is 2.04. The molecule has 0 aliphatic heterocycles. The molecule has 0 aliphatic rings. The van der Waals surface area contributed by atoms with Crippen LogP contribution in [0.1, 0.15) is 23.6 Å². The van der Waals surface area contributed by atoms with Crippen LogP contribution in [0.2, 0.25) is 0 Å². The summed E-state index contributed by atoms with van der Waals surface area (Å²) in [7, 11) is 0. The number of nitrogens with one attached hydrogen (secondary N) is 1. The SMILES string of the molecule is CCNCc1ccc(OCc2cc(F)ccc2C)c(Br)c1. The number of benzene rings is 2. The predicted molar refractivity (Wildman–Crippen MR) is 87.0 cm³/mol. The molecule has 0 saturated carbocycles. The van der Waals surface area contributed by atoms with Crippen LogP contribution in [0.25, 0.3) is 0 Å². The molecular weight excluding hydrogens is 333 g/mol. The summed E-state index contributed by atoms with van der Waals surface area (Å²) in [6.45, 7) is 6.16. The molecule has 0 unspecified atom stereocenters. The van der Waals surface area contributed by atoms with Crippen molar-refractivity contribution in [3.63, 3.8) is 0 Å². The van der Waals surface area contributed by atoms with Gasteiger partial charge in [-0.15, -0.1) is 0 Å². The first-order valence-electron chi connectivity index (χ1n) is 6.97. The highest BCUT2D eigenvalue weighted by molar-refractivity contribution is 9.10. The smallest absolute Gasteiger partial charge is 0.134 e. The zero-order valence-electron chi connectivity index (χ0n) is 12.2. The van der Waals surface area contributed by atoms with E-state index in [2.05, 4.69) is 28.2 Å². The third kappa shape index (κ3) is 4.55. The molecule has 112 valence electrons. The lowest BCUT2D eigenvalue weighted by molar-refractivity contribution is 0.302. The lowest BCUT2D eigenvalue weighted by Crippen LogP contribution is -2.11. The average Bonchev–Trinajstić information content (AvgIpc) is 2.47. The number of hydrogen-bond acceptors (Lipinski definition) is 2. The maximum atomic E-state index is 13.3. The van der Waals surface area contributed by atoms with Crippen molar-refractivity contribution in [2.45, 2.75) is 27.0 Å². The van der Waals surface area contributed by atoms with Crippen molar-refractivity contribution in [1.29, 1.82) is 0 Å². The maximum absolute atomic E-state index is 13.3. The van der Waals surface area contributed by atoms with Gasteiger partial charge in [-0.25, -0.2) is 4.39 Å². The summed E-state index contributed by atoms with van der Waals surface area (Å²) in [4.78, 5) is 0. The van der Waals surface area contributed by atoms with E-state index in [-0.39, 0.29) is 5.82 Å². The van der Waals surface area contributed by atoms with Gasteiger partial charge in [-0.1, -0.05) is 19.1 Å². The van der Waals surface area contributed by atoms with Gasteiger partial charge in [-0.05, 0) is 70.4 Å². The second-order valence-electron chi connectivity index (χ2n) is 4.90. The fourth-order valence-corrected chi connectivity index (χ4v) is 2.53. The molecule has 0 bridgehead atoms. The zero-order valence-corrected chi connectivity index (χ0v) is 13.8. The number of ether oxygens (including phenoxy) is 1. The van der Waals surface area contributed by atoms with Crippen LogP contribution in [0, 0.1) is 12.7 Å². The van der Waals surface area contributed by atoms with Crippen LogP contribution in [-0.4, -0.2) is 6.54 Å². The van der Waals surface area contributed by atoms with Gasteiger partial charge in [0.25, 0.3) is 0 Å². The largest absolute Gasteiger partial charge is 0.488 e. The van der Waals surface area contributed by atoms with Crippen LogP contribution in [0.4, 0.5) is 4.39 Å². The lowest BCUT2D eigenvalue weighted by atomic mass is 10.1. The number of hydrogen-bond donors (Lipinski definition) is 1. The van der Waals surface area contributed by atoms with Gasteiger partial charge >= 0.3 is 0 Å². The van der Waals surface area contributed by atoms with E-state index < -0.39 is 0 Å². The van der Waals surface area contributed by atoms with E-state index in [4.69, 9.17) is 4.74 Å². The van der Waals surface area contributed by atoms with Crippen molar-refractivity contribution in [2.24, 2.45) is 0 Å². The Morgan fingerprint density at radius 3 is 2.71 bits per heavy atom. The second kappa shape index (κ2) is 7.57. The van der Waals surface area contributed by atoms with Crippen LogP contribution in [-0.2, 0) is 13.2 Å². The second-order valence-corrected chi connectivity index (χ2v) is 5.76. The van der Waals surface area contributed by atoms with Crippen molar-refractivity contribution in [3.8, 4) is 5.75 Å². The Labute approximate surface area is 133 Å². The van der Waals surface area contributed by atoms with Crippen molar-refractivity contribution in [2.75, 3.05) is 6.54 Å². The molecule has 0 aromatic heterocycles. The summed E-state index contributed by atoms with van der Waals surface area (Å²) in [6.07, 6.45) is 0. The molecule has 4 heteroatoms. The van der Waals surface area contributed by atoms with Crippen molar-refractivity contribution in [3.05, 3.63) is 63.4 Å². The minimum atomic E-state index is -0.237. The van der Waals surface area contributed by atoms with Gasteiger partial charge in [0.05, 0.1) is 4.47 Å². The van der Waals surface area contributed by atoms with Gasteiger partial charge in [0, 0.05) is 6.54 Å². The topological polar surface area (TPSA) is 21.3 Å². The van der Waals surface area contributed by atoms with Gasteiger partial charge in [-0.3, -0.25) is 0 Å². The summed E-state index contributed by atoms with van der Waals surface area (Å²) in [5.41, 5.74) is 3.08. The third-order valence-corrected chi connectivity index (χ3v) is 3.89. The molecule has 0 amide bonds. The molecule has 2 aromatic rings. The zero-order chi connectivity index (χ0) is 15.2. The van der Waals surface area contributed by atoms with Gasteiger partial charge in [-0.2, -0.15) is 0 Å².